The van der Waals surface area contributed by atoms with Crippen molar-refractivity contribution in [2.45, 2.75) is 13.0 Å². The molecule has 0 amide bonds. The van der Waals surface area contributed by atoms with Gasteiger partial charge in [-0.1, -0.05) is 49.5 Å². The van der Waals surface area contributed by atoms with Crippen LogP contribution in [0.1, 0.15) is 24.2 Å². The number of ether oxygens (including phenoxy) is 1. The molecule has 0 radical (unpaired) electrons. The molecule has 0 aromatic heterocycles. The van der Waals surface area contributed by atoms with Gasteiger partial charge in [-0.2, -0.15) is 0 Å². The Hall–Kier alpha value is -0.550. The minimum absolute atomic E-state index is 0.529. The molecule has 0 aliphatic carbocycles. The zero-order valence-corrected chi connectivity index (χ0v) is 14.7. The van der Waals surface area contributed by atoms with Gasteiger partial charge < -0.3 is 9.84 Å². The largest absolute Gasteiger partial charge is 0.494 e. The Kier molecular flexibility index (Phi) is 5.49. The van der Waals surface area contributed by atoms with Crippen LogP contribution in [0.5, 0.6) is 5.75 Å². The van der Waals surface area contributed by atoms with E-state index in [1.165, 1.54) is 0 Å². The van der Waals surface area contributed by atoms with Crippen molar-refractivity contribution in [3.63, 3.8) is 0 Å². The average Bonchev–Trinajstić information content (AvgIpc) is 2.41. The van der Waals surface area contributed by atoms with E-state index in [0.717, 1.165) is 20.3 Å². The fourth-order valence-electron chi connectivity index (χ4n) is 1.88. The van der Waals surface area contributed by atoms with Crippen molar-refractivity contribution in [1.82, 2.24) is 0 Å². The van der Waals surface area contributed by atoms with Crippen LogP contribution in [0.3, 0.4) is 0 Å². The lowest BCUT2D eigenvalue weighted by atomic mass is 10.0. The van der Waals surface area contributed by atoms with Gasteiger partial charge >= 0.3 is 0 Å². The number of aliphatic hydroxyl groups is 1. The highest BCUT2D eigenvalue weighted by molar-refractivity contribution is 9.10. The number of halogens is 3. The Bertz CT molecular complexity index is 617. The van der Waals surface area contributed by atoms with Crippen molar-refractivity contribution in [3.05, 3.63) is 61.5 Å². The summed E-state index contributed by atoms with van der Waals surface area (Å²) < 4.78 is 7.08. The fraction of sp³-hybridized carbons (Fsp3) is 0.200. The van der Waals surface area contributed by atoms with E-state index in [9.17, 15) is 5.11 Å². The van der Waals surface area contributed by atoms with Crippen LogP contribution in [0, 0.1) is 0 Å². The van der Waals surface area contributed by atoms with Gasteiger partial charge in [-0.15, -0.1) is 0 Å². The molecule has 0 heterocycles. The van der Waals surface area contributed by atoms with Gasteiger partial charge in [0.1, 0.15) is 11.9 Å². The first-order valence-electron chi connectivity index (χ1n) is 6.08. The van der Waals surface area contributed by atoms with Crippen LogP contribution >= 0.6 is 43.5 Å². The van der Waals surface area contributed by atoms with Crippen LogP contribution in [-0.2, 0) is 0 Å². The Morgan fingerprint density at radius 2 is 1.90 bits per heavy atom. The molecule has 2 aromatic rings. The maximum atomic E-state index is 10.5. The predicted octanol–water partition coefficient (Wildman–Crippen LogP) is 5.35. The van der Waals surface area contributed by atoms with E-state index in [0.29, 0.717) is 17.2 Å². The quantitative estimate of drug-likeness (QED) is 0.723. The van der Waals surface area contributed by atoms with Gasteiger partial charge in [0.05, 0.1) is 6.61 Å². The standard InChI is InChI=1S/C15H13Br2ClO2/c1-2-20-10-4-5-11(13(17)8-10)15(19)12-7-9(16)3-6-14(12)18/h3-8,15,19H,2H2,1H3. The van der Waals surface area contributed by atoms with Crippen LogP contribution in [0.15, 0.2) is 45.3 Å². The monoisotopic (exact) mass is 418 g/mol. The van der Waals surface area contributed by atoms with Gasteiger partial charge in [0.25, 0.3) is 0 Å². The average molecular weight is 421 g/mol. The van der Waals surface area contributed by atoms with E-state index in [4.69, 9.17) is 16.3 Å². The van der Waals surface area contributed by atoms with Crippen molar-refractivity contribution < 1.29 is 9.84 Å². The van der Waals surface area contributed by atoms with Crippen molar-refractivity contribution in [1.29, 1.82) is 0 Å². The summed E-state index contributed by atoms with van der Waals surface area (Å²) in [7, 11) is 0. The zero-order valence-electron chi connectivity index (χ0n) is 10.7. The van der Waals surface area contributed by atoms with Crippen LogP contribution in [0.2, 0.25) is 5.02 Å². The molecule has 0 aliphatic rings. The molecule has 2 nitrogen and oxygen atoms in total. The Balaban J connectivity index is 2.38. The molecule has 1 N–H and O–H groups in total. The van der Waals surface area contributed by atoms with Gasteiger partial charge in [-0.3, -0.25) is 0 Å². The summed E-state index contributed by atoms with van der Waals surface area (Å²) in [4.78, 5) is 0. The molecule has 0 aliphatic heterocycles. The molecule has 0 saturated carbocycles. The maximum Gasteiger partial charge on any atom is 0.120 e. The lowest BCUT2D eigenvalue weighted by molar-refractivity contribution is 0.219. The Labute approximate surface area is 140 Å². The number of hydrogen-bond acceptors (Lipinski definition) is 2. The van der Waals surface area contributed by atoms with Crippen LogP contribution in [0.4, 0.5) is 0 Å². The number of hydrogen-bond donors (Lipinski definition) is 1. The van der Waals surface area contributed by atoms with Gasteiger partial charge in [0.15, 0.2) is 0 Å². The van der Waals surface area contributed by atoms with Crippen molar-refractivity contribution in [2.24, 2.45) is 0 Å². The van der Waals surface area contributed by atoms with E-state index in [2.05, 4.69) is 31.9 Å². The van der Waals surface area contributed by atoms with Gasteiger partial charge in [-0.05, 0) is 42.8 Å². The molecule has 1 atom stereocenters. The molecule has 5 heteroatoms. The smallest absolute Gasteiger partial charge is 0.120 e. The first-order chi connectivity index (χ1) is 9.52. The molecule has 0 bridgehead atoms. The van der Waals surface area contributed by atoms with E-state index >= 15 is 0 Å². The molecule has 0 fully saturated rings. The molecule has 106 valence electrons. The first kappa shape index (κ1) is 15.8. The minimum atomic E-state index is -0.801. The number of benzene rings is 2. The molecule has 1 unspecified atom stereocenters. The highest BCUT2D eigenvalue weighted by Gasteiger charge is 2.17. The van der Waals surface area contributed by atoms with E-state index in [1.54, 1.807) is 6.07 Å². The summed E-state index contributed by atoms with van der Waals surface area (Å²) in [6, 6.07) is 10.9. The molecule has 2 aromatic carbocycles. The molecule has 0 spiro atoms. The van der Waals surface area contributed by atoms with Crippen LogP contribution in [-0.4, -0.2) is 11.7 Å². The second kappa shape index (κ2) is 6.94. The second-order valence-electron chi connectivity index (χ2n) is 4.18. The summed E-state index contributed by atoms with van der Waals surface area (Å²) in [6.45, 7) is 2.53. The molecule has 0 saturated heterocycles. The summed E-state index contributed by atoms with van der Waals surface area (Å²) in [6.07, 6.45) is -0.801. The highest BCUT2D eigenvalue weighted by atomic mass is 79.9. The summed E-state index contributed by atoms with van der Waals surface area (Å²) in [5.74, 6) is 0.760. The number of aliphatic hydroxyl groups excluding tert-OH is 1. The lowest BCUT2D eigenvalue weighted by Crippen LogP contribution is -2.02. The second-order valence-corrected chi connectivity index (χ2v) is 6.36. The molecular weight excluding hydrogens is 407 g/mol. The van der Waals surface area contributed by atoms with Crippen LogP contribution < -0.4 is 4.74 Å². The highest BCUT2D eigenvalue weighted by Crippen LogP contribution is 2.35. The third kappa shape index (κ3) is 3.55. The lowest BCUT2D eigenvalue weighted by Gasteiger charge is -2.16. The summed E-state index contributed by atoms with van der Waals surface area (Å²) in [5.41, 5.74) is 1.40. The predicted molar refractivity (Wildman–Crippen MR) is 88.5 cm³/mol. The molecule has 2 rings (SSSR count). The Morgan fingerprint density at radius 1 is 1.15 bits per heavy atom. The molecular formula is C15H13Br2ClO2. The maximum absolute atomic E-state index is 10.5. The Morgan fingerprint density at radius 3 is 2.55 bits per heavy atom. The van der Waals surface area contributed by atoms with Gasteiger partial charge in [0.2, 0.25) is 0 Å². The zero-order chi connectivity index (χ0) is 14.7. The normalized spacial score (nSPS) is 12.2. The summed E-state index contributed by atoms with van der Waals surface area (Å²) >= 11 is 13.0. The topological polar surface area (TPSA) is 29.5 Å². The fourth-order valence-corrected chi connectivity index (χ4v) is 3.05. The van der Waals surface area contributed by atoms with E-state index < -0.39 is 6.10 Å². The van der Waals surface area contributed by atoms with E-state index in [1.807, 2.05) is 37.3 Å². The van der Waals surface area contributed by atoms with E-state index in [-0.39, 0.29) is 0 Å². The van der Waals surface area contributed by atoms with Gasteiger partial charge in [-0.25, -0.2) is 0 Å². The third-order valence-corrected chi connectivity index (χ3v) is 4.35. The first-order valence-corrected chi connectivity index (χ1v) is 8.04. The van der Waals surface area contributed by atoms with Gasteiger partial charge in [0, 0.05) is 19.5 Å². The third-order valence-electron chi connectivity index (χ3n) is 2.83. The number of rotatable bonds is 4. The van der Waals surface area contributed by atoms with Crippen molar-refractivity contribution in [3.8, 4) is 5.75 Å². The SMILES string of the molecule is CCOc1ccc(C(O)c2cc(Br)ccc2Cl)c(Br)c1. The van der Waals surface area contributed by atoms with Crippen molar-refractivity contribution in [2.75, 3.05) is 6.61 Å². The minimum Gasteiger partial charge on any atom is -0.494 e. The van der Waals surface area contributed by atoms with Crippen LogP contribution in [0.25, 0.3) is 0 Å². The molecule has 20 heavy (non-hydrogen) atoms. The summed E-state index contributed by atoms with van der Waals surface area (Å²) in [5, 5.41) is 11.1. The van der Waals surface area contributed by atoms with Crippen molar-refractivity contribution >= 4 is 43.5 Å².